The first kappa shape index (κ1) is 12.0. The standard InChI is InChI=1S/C13H26O/c1-9(2)13(6)11(14-7)8-10(3)12(13,4)5/h9-11H,8H2,1-7H3. The van der Waals surface area contributed by atoms with Crippen LogP contribution < -0.4 is 0 Å². The molecule has 1 nitrogen and oxygen atoms in total. The maximum atomic E-state index is 5.69. The Morgan fingerprint density at radius 1 is 1.21 bits per heavy atom. The summed E-state index contributed by atoms with van der Waals surface area (Å²) in [6, 6.07) is 0. The number of hydrogen-bond acceptors (Lipinski definition) is 1. The van der Waals surface area contributed by atoms with Crippen LogP contribution in [0.1, 0.15) is 48.0 Å². The average Bonchev–Trinajstić information content (AvgIpc) is 2.27. The van der Waals surface area contributed by atoms with Crippen LogP contribution in [0, 0.1) is 22.7 Å². The van der Waals surface area contributed by atoms with E-state index < -0.39 is 0 Å². The van der Waals surface area contributed by atoms with E-state index in [1.165, 1.54) is 6.42 Å². The van der Waals surface area contributed by atoms with Crippen LogP contribution in [0.15, 0.2) is 0 Å². The second-order valence-corrected chi connectivity index (χ2v) is 6.02. The zero-order chi connectivity index (χ0) is 11.1. The first-order valence-corrected chi connectivity index (χ1v) is 5.81. The molecule has 1 fully saturated rings. The molecular formula is C13H26O. The highest BCUT2D eigenvalue weighted by atomic mass is 16.5. The molecule has 1 aliphatic rings. The van der Waals surface area contributed by atoms with Crippen LogP contribution in [0.2, 0.25) is 0 Å². The molecule has 1 heteroatoms. The van der Waals surface area contributed by atoms with Crippen LogP contribution in [0.3, 0.4) is 0 Å². The zero-order valence-electron chi connectivity index (χ0n) is 10.8. The molecule has 1 rings (SSSR count). The highest BCUT2D eigenvalue weighted by Gasteiger charge is 2.57. The third-order valence-corrected chi connectivity index (χ3v) is 5.34. The van der Waals surface area contributed by atoms with Gasteiger partial charge in [-0.2, -0.15) is 0 Å². The molecule has 1 saturated carbocycles. The van der Waals surface area contributed by atoms with Crippen molar-refractivity contribution in [3.05, 3.63) is 0 Å². The van der Waals surface area contributed by atoms with E-state index in [1.807, 2.05) is 7.11 Å². The lowest BCUT2D eigenvalue weighted by Gasteiger charge is -2.46. The minimum Gasteiger partial charge on any atom is -0.381 e. The summed E-state index contributed by atoms with van der Waals surface area (Å²) in [6.45, 7) is 14.2. The van der Waals surface area contributed by atoms with Gasteiger partial charge in [0.2, 0.25) is 0 Å². The number of ether oxygens (including phenoxy) is 1. The molecular weight excluding hydrogens is 172 g/mol. The Bertz CT molecular complexity index is 207. The number of hydrogen-bond donors (Lipinski definition) is 0. The molecule has 0 aromatic carbocycles. The SMILES string of the molecule is COC1CC(C)C(C)(C)C1(C)C(C)C. The number of rotatable bonds is 2. The second kappa shape index (κ2) is 3.52. The molecule has 1 aliphatic carbocycles. The summed E-state index contributed by atoms with van der Waals surface area (Å²) in [5.41, 5.74) is 0.684. The second-order valence-electron chi connectivity index (χ2n) is 6.02. The fraction of sp³-hybridized carbons (Fsp3) is 1.00. The van der Waals surface area contributed by atoms with Crippen molar-refractivity contribution in [1.82, 2.24) is 0 Å². The van der Waals surface area contributed by atoms with Gasteiger partial charge in [0, 0.05) is 12.5 Å². The third kappa shape index (κ3) is 1.32. The van der Waals surface area contributed by atoms with Crippen molar-refractivity contribution in [2.24, 2.45) is 22.7 Å². The smallest absolute Gasteiger partial charge is 0.0635 e. The van der Waals surface area contributed by atoms with Crippen LogP contribution >= 0.6 is 0 Å². The zero-order valence-corrected chi connectivity index (χ0v) is 10.8. The van der Waals surface area contributed by atoms with Crippen molar-refractivity contribution in [3.63, 3.8) is 0 Å². The molecule has 0 saturated heterocycles. The maximum absolute atomic E-state index is 5.69. The Labute approximate surface area is 89.2 Å². The lowest BCUT2D eigenvalue weighted by Crippen LogP contribution is -2.44. The summed E-state index contributed by atoms with van der Waals surface area (Å²) >= 11 is 0. The Morgan fingerprint density at radius 2 is 1.71 bits per heavy atom. The molecule has 0 spiro atoms. The van der Waals surface area contributed by atoms with Gasteiger partial charge in [0.1, 0.15) is 0 Å². The van der Waals surface area contributed by atoms with Gasteiger partial charge in [-0.3, -0.25) is 0 Å². The summed E-state index contributed by atoms with van der Waals surface area (Å²) in [6.07, 6.45) is 1.63. The van der Waals surface area contributed by atoms with Crippen molar-refractivity contribution in [3.8, 4) is 0 Å². The lowest BCUT2D eigenvalue weighted by atomic mass is 9.60. The van der Waals surface area contributed by atoms with E-state index in [4.69, 9.17) is 4.74 Å². The third-order valence-electron chi connectivity index (χ3n) is 5.34. The molecule has 0 radical (unpaired) electrons. The van der Waals surface area contributed by atoms with Gasteiger partial charge in [0.15, 0.2) is 0 Å². The van der Waals surface area contributed by atoms with Gasteiger partial charge < -0.3 is 4.74 Å². The predicted molar refractivity (Wildman–Crippen MR) is 61.3 cm³/mol. The molecule has 0 aliphatic heterocycles. The monoisotopic (exact) mass is 198 g/mol. The first-order valence-electron chi connectivity index (χ1n) is 5.81. The minimum atomic E-state index is 0.307. The van der Waals surface area contributed by atoms with Gasteiger partial charge in [0.25, 0.3) is 0 Å². The van der Waals surface area contributed by atoms with Crippen molar-refractivity contribution < 1.29 is 4.74 Å². The van der Waals surface area contributed by atoms with Gasteiger partial charge in [-0.05, 0) is 23.7 Å². The fourth-order valence-corrected chi connectivity index (χ4v) is 3.26. The van der Waals surface area contributed by atoms with Crippen molar-refractivity contribution in [2.45, 2.75) is 54.1 Å². The van der Waals surface area contributed by atoms with Gasteiger partial charge in [0.05, 0.1) is 6.10 Å². The Balaban J connectivity index is 3.09. The predicted octanol–water partition coefficient (Wildman–Crippen LogP) is 3.73. The molecule has 0 amide bonds. The van der Waals surface area contributed by atoms with Gasteiger partial charge >= 0.3 is 0 Å². The molecule has 84 valence electrons. The van der Waals surface area contributed by atoms with E-state index in [2.05, 4.69) is 41.5 Å². The van der Waals surface area contributed by atoms with Crippen LogP contribution in [0.4, 0.5) is 0 Å². The molecule has 14 heavy (non-hydrogen) atoms. The Morgan fingerprint density at radius 3 is 2.00 bits per heavy atom. The first-order chi connectivity index (χ1) is 6.28. The van der Waals surface area contributed by atoms with E-state index >= 15 is 0 Å². The quantitative estimate of drug-likeness (QED) is 0.657. The summed E-state index contributed by atoms with van der Waals surface area (Å²) in [7, 11) is 1.86. The molecule has 0 N–H and O–H groups in total. The molecule has 0 bridgehead atoms. The van der Waals surface area contributed by atoms with Gasteiger partial charge in [-0.25, -0.2) is 0 Å². The molecule has 0 aromatic rings. The normalized spacial score (nSPS) is 42.0. The lowest BCUT2D eigenvalue weighted by molar-refractivity contribution is -0.0598. The maximum Gasteiger partial charge on any atom is 0.0635 e. The van der Waals surface area contributed by atoms with E-state index in [0.717, 1.165) is 5.92 Å². The van der Waals surface area contributed by atoms with E-state index in [1.54, 1.807) is 0 Å². The van der Waals surface area contributed by atoms with Crippen LogP contribution in [-0.2, 0) is 4.74 Å². The largest absolute Gasteiger partial charge is 0.381 e. The van der Waals surface area contributed by atoms with E-state index in [-0.39, 0.29) is 0 Å². The topological polar surface area (TPSA) is 9.23 Å². The summed E-state index contributed by atoms with van der Waals surface area (Å²) < 4.78 is 5.69. The molecule has 3 atom stereocenters. The number of methoxy groups -OCH3 is 1. The van der Waals surface area contributed by atoms with Crippen molar-refractivity contribution in [1.29, 1.82) is 0 Å². The fourth-order valence-electron chi connectivity index (χ4n) is 3.26. The summed E-state index contributed by atoms with van der Waals surface area (Å²) in [4.78, 5) is 0. The minimum absolute atomic E-state index is 0.307. The molecule has 3 unspecified atom stereocenters. The highest BCUT2D eigenvalue weighted by molar-refractivity contribution is 5.06. The Kier molecular flexibility index (Phi) is 3.02. The molecule has 0 heterocycles. The summed E-state index contributed by atoms with van der Waals surface area (Å²) in [5, 5.41) is 0. The highest BCUT2D eigenvalue weighted by Crippen LogP contribution is 2.60. The van der Waals surface area contributed by atoms with E-state index in [0.29, 0.717) is 22.9 Å². The summed E-state index contributed by atoms with van der Waals surface area (Å²) in [5.74, 6) is 1.42. The van der Waals surface area contributed by atoms with Crippen LogP contribution in [-0.4, -0.2) is 13.2 Å². The Hall–Kier alpha value is -0.0400. The van der Waals surface area contributed by atoms with E-state index in [9.17, 15) is 0 Å². The van der Waals surface area contributed by atoms with Crippen LogP contribution in [0.5, 0.6) is 0 Å². The van der Waals surface area contributed by atoms with Gasteiger partial charge in [-0.15, -0.1) is 0 Å². The van der Waals surface area contributed by atoms with Gasteiger partial charge in [-0.1, -0.05) is 41.5 Å². The van der Waals surface area contributed by atoms with Crippen LogP contribution in [0.25, 0.3) is 0 Å². The average molecular weight is 198 g/mol. The molecule has 0 aromatic heterocycles. The van der Waals surface area contributed by atoms with Crippen molar-refractivity contribution in [2.75, 3.05) is 7.11 Å². The van der Waals surface area contributed by atoms with Crippen molar-refractivity contribution >= 4 is 0 Å².